The molecule has 0 aliphatic carbocycles. The molecule has 0 saturated carbocycles. The van der Waals surface area contributed by atoms with Crippen molar-refractivity contribution in [2.45, 2.75) is 37.8 Å². The van der Waals surface area contributed by atoms with Gasteiger partial charge in [0.15, 0.2) is 11.5 Å². The fourth-order valence-electron chi connectivity index (χ4n) is 3.89. The number of hydrogen-bond acceptors (Lipinski definition) is 5. The maximum absolute atomic E-state index is 11.9. The van der Waals surface area contributed by atoms with Gasteiger partial charge in [0.2, 0.25) is 0 Å². The number of carboxylic acid groups (broad SMARTS) is 1. The number of nitrogens with zero attached hydrogens (tertiary/aromatic N) is 2. The molecule has 0 bridgehead atoms. The molecule has 0 spiro atoms. The normalized spacial score (nSPS) is 18.7. The number of aromatic nitrogens is 1. The van der Waals surface area contributed by atoms with E-state index in [0.717, 1.165) is 30.6 Å². The van der Waals surface area contributed by atoms with Gasteiger partial charge in [-0.25, -0.2) is 0 Å². The molecule has 2 heterocycles. The van der Waals surface area contributed by atoms with Crippen LogP contribution in [0.4, 0.5) is 0 Å². The number of carbonyl (C=O) groups is 1. The van der Waals surface area contributed by atoms with Crippen molar-refractivity contribution >= 4 is 5.97 Å². The molecule has 2 unspecified atom stereocenters. The number of methoxy groups -OCH3 is 2. The Bertz CT molecular complexity index is 766. The van der Waals surface area contributed by atoms with Gasteiger partial charge in [0.1, 0.15) is 6.04 Å². The molecule has 3 rings (SSSR count). The third-order valence-electron chi connectivity index (χ3n) is 5.15. The second kappa shape index (κ2) is 8.86. The Kier molecular flexibility index (Phi) is 6.29. The molecule has 6 heteroatoms. The first-order valence-corrected chi connectivity index (χ1v) is 9.25. The Morgan fingerprint density at radius 2 is 2.07 bits per heavy atom. The van der Waals surface area contributed by atoms with Crippen molar-refractivity contribution < 1.29 is 19.4 Å². The molecule has 2 aromatic rings. The van der Waals surface area contributed by atoms with E-state index >= 15 is 0 Å². The zero-order valence-electron chi connectivity index (χ0n) is 15.8. The summed E-state index contributed by atoms with van der Waals surface area (Å²) in [7, 11) is 3.22. The van der Waals surface area contributed by atoms with Gasteiger partial charge in [-0.3, -0.25) is 14.7 Å². The number of aliphatic carboxylic acids is 1. The highest BCUT2D eigenvalue weighted by molar-refractivity contribution is 5.73. The summed E-state index contributed by atoms with van der Waals surface area (Å²) >= 11 is 0. The molecule has 2 atom stereocenters. The SMILES string of the molecule is COc1cccc(C(Cc2ccccn2)N2CCCCC2C(=O)O)c1OC. The first-order chi connectivity index (χ1) is 13.2. The summed E-state index contributed by atoms with van der Waals surface area (Å²) < 4.78 is 11.1. The Balaban J connectivity index is 2.06. The van der Waals surface area contributed by atoms with Crippen molar-refractivity contribution in [3.8, 4) is 11.5 Å². The maximum Gasteiger partial charge on any atom is 0.320 e. The fourth-order valence-corrected chi connectivity index (χ4v) is 3.89. The Hall–Kier alpha value is -2.60. The van der Waals surface area contributed by atoms with E-state index in [1.807, 2.05) is 36.4 Å². The Morgan fingerprint density at radius 1 is 1.22 bits per heavy atom. The van der Waals surface area contributed by atoms with Crippen LogP contribution in [-0.2, 0) is 11.2 Å². The molecule has 1 fully saturated rings. The maximum atomic E-state index is 11.9. The van der Waals surface area contributed by atoms with Gasteiger partial charge in [0, 0.05) is 29.9 Å². The van der Waals surface area contributed by atoms with Gasteiger partial charge in [-0.15, -0.1) is 0 Å². The van der Waals surface area contributed by atoms with Crippen molar-refractivity contribution in [1.29, 1.82) is 0 Å². The lowest BCUT2D eigenvalue weighted by Gasteiger charge is -2.39. The van der Waals surface area contributed by atoms with Gasteiger partial charge in [-0.2, -0.15) is 0 Å². The van der Waals surface area contributed by atoms with Crippen molar-refractivity contribution in [3.05, 3.63) is 53.9 Å². The van der Waals surface area contributed by atoms with Crippen LogP contribution in [0, 0.1) is 0 Å². The van der Waals surface area contributed by atoms with Crippen LogP contribution < -0.4 is 9.47 Å². The van der Waals surface area contributed by atoms with Crippen molar-refractivity contribution in [1.82, 2.24) is 9.88 Å². The summed E-state index contributed by atoms with van der Waals surface area (Å²) in [5, 5.41) is 9.78. The second-order valence-electron chi connectivity index (χ2n) is 6.71. The number of ether oxygens (including phenoxy) is 2. The van der Waals surface area contributed by atoms with Crippen molar-refractivity contribution in [2.75, 3.05) is 20.8 Å². The summed E-state index contributed by atoms with van der Waals surface area (Å²) in [5.74, 6) is 0.517. The summed E-state index contributed by atoms with van der Waals surface area (Å²) in [6, 6.07) is 10.9. The first-order valence-electron chi connectivity index (χ1n) is 9.25. The molecule has 6 nitrogen and oxygen atoms in total. The number of piperidine rings is 1. The van der Waals surface area contributed by atoms with Crippen LogP contribution in [0.3, 0.4) is 0 Å². The molecule has 1 aliphatic heterocycles. The molecule has 1 aliphatic rings. The van der Waals surface area contributed by atoms with E-state index in [4.69, 9.17) is 9.47 Å². The van der Waals surface area contributed by atoms with E-state index in [9.17, 15) is 9.90 Å². The average Bonchev–Trinajstić information content (AvgIpc) is 2.72. The number of carboxylic acids is 1. The third kappa shape index (κ3) is 4.22. The van der Waals surface area contributed by atoms with Crippen LogP contribution >= 0.6 is 0 Å². The van der Waals surface area contributed by atoms with Crippen molar-refractivity contribution in [3.63, 3.8) is 0 Å². The predicted molar refractivity (Wildman–Crippen MR) is 102 cm³/mol. The van der Waals surface area contributed by atoms with E-state index in [0.29, 0.717) is 24.3 Å². The van der Waals surface area contributed by atoms with Gasteiger partial charge in [-0.1, -0.05) is 24.6 Å². The largest absolute Gasteiger partial charge is 0.493 e. The zero-order chi connectivity index (χ0) is 19.2. The van der Waals surface area contributed by atoms with Crippen molar-refractivity contribution in [2.24, 2.45) is 0 Å². The molecule has 27 heavy (non-hydrogen) atoms. The quantitative estimate of drug-likeness (QED) is 0.806. The highest BCUT2D eigenvalue weighted by Crippen LogP contribution is 2.40. The molecular formula is C21H26N2O4. The number of likely N-dealkylation sites (tertiary alicyclic amines) is 1. The number of para-hydroxylation sites is 1. The zero-order valence-corrected chi connectivity index (χ0v) is 15.8. The highest BCUT2D eigenvalue weighted by Gasteiger charge is 2.36. The smallest absolute Gasteiger partial charge is 0.320 e. The summed E-state index contributed by atoms with van der Waals surface area (Å²) in [6.45, 7) is 0.731. The lowest BCUT2D eigenvalue weighted by molar-refractivity contribution is -0.146. The first kappa shape index (κ1) is 19.2. The summed E-state index contributed by atoms with van der Waals surface area (Å²) in [6.07, 6.45) is 4.93. The number of pyridine rings is 1. The molecule has 1 aromatic carbocycles. The Labute approximate surface area is 159 Å². The van der Waals surface area contributed by atoms with Crippen LogP contribution in [-0.4, -0.2) is 47.8 Å². The second-order valence-corrected chi connectivity index (χ2v) is 6.71. The predicted octanol–water partition coefficient (Wildman–Crippen LogP) is 3.32. The molecular weight excluding hydrogens is 344 g/mol. The van der Waals surface area contributed by atoms with Gasteiger partial charge >= 0.3 is 5.97 Å². The Morgan fingerprint density at radius 3 is 2.74 bits per heavy atom. The van der Waals surface area contributed by atoms with Crippen LogP contribution in [0.15, 0.2) is 42.6 Å². The lowest BCUT2D eigenvalue weighted by atomic mass is 9.92. The standard InChI is InChI=1S/C21H26N2O4/c1-26-19-11-7-9-16(20(19)27-2)18(14-15-8-3-5-12-22-15)23-13-6-4-10-17(23)21(24)25/h3,5,7-9,11-12,17-18H,4,6,10,13-14H2,1-2H3,(H,24,25). The molecule has 144 valence electrons. The topological polar surface area (TPSA) is 71.9 Å². The van der Waals surface area contributed by atoms with E-state index in [2.05, 4.69) is 9.88 Å². The van der Waals surface area contributed by atoms with Gasteiger partial charge in [0.05, 0.1) is 14.2 Å². The van der Waals surface area contributed by atoms with Crippen LogP contribution in [0.5, 0.6) is 11.5 Å². The number of rotatable bonds is 7. The van der Waals surface area contributed by atoms with Gasteiger partial charge < -0.3 is 14.6 Å². The van der Waals surface area contributed by atoms with E-state index in [-0.39, 0.29) is 6.04 Å². The van der Waals surface area contributed by atoms with Crippen LogP contribution in [0.2, 0.25) is 0 Å². The van der Waals surface area contributed by atoms with Gasteiger partial charge in [0.25, 0.3) is 0 Å². The average molecular weight is 370 g/mol. The monoisotopic (exact) mass is 370 g/mol. The van der Waals surface area contributed by atoms with Crippen LogP contribution in [0.25, 0.3) is 0 Å². The third-order valence-corrected chi connectivity index (χ3v) is 5.15. The van der Waals surface area contributed by atoms with Crippen LogP contribution in [0.1, 0.15) is 36.6 Å². The molecule has 0 amide bonds. The van der Waals surface area contributed by atoms with E-state index < -0.39 is 12.0 Å². The van der Waals surface area contributed by atoms with E-state index in [1.54, 1.807) is 20.4 Å². The number of benzene rings is 1. The fraction of sp³-hybridized carbons (Fsp3) is 0.429. The summed E-state index contributed by atoms with van der Waals surface area (Å²) in [4.78, 5) is 18.5. The molecule has 1 saturated heterocycles. The van der Waals surface area contributed by atoms with E-state index in [1.165, 1.54) is 0 Å². The molecule has 1 aromatic heterocycles. The molecule has 0 radical (unpaired) electrons. The number of hydrogen-bond donors (Lipinski definition) is 1. The highest BCUT2D eigenvalue weighted by atomic mass is 16.5. The molecule has 1 N–H and O–H groups in total. The lowest BCUT2D eigenvalue weighted by Crippen LogP contribution is -2.47. The minimum Gasteiger partial charge on any atom is -0.493 e. The minimum atomic E-state index is -0.775. The minimum absolute atomic E-state index is 0.161. The summed E-state index contributed by atoms with van der Waals surface area (Å²) in [5.41, 5.74) is 1.85. The van der Waals surface area contributed by atoms with Gasteiger partial charge in [-0.05, 0) is 37.6 Å².